The van der Waals surface area contributed by atoms with E-state index >= 15 is 0 Å². The van der Waals surface area contributed by atoms with Crippen molar-refractivity contribution in [3.05, 3.63) is 46.3 Å². The SMILES string of the molecule is O=C1CC=C2C=CC=C3SSC=CC23C1. The molecule has 0 fully saturated rings. The highest BCUT2D eigenvalue weighted by atomic mass is 33.1. The van der Waals surface area contributed by atoms with Gasteiger partial charge in [-0.25, -0.2) is 0 Å². The maximum absolute atomic E-state index is 11.6. The average Bonchev–Trinajstić information content (AvgIpc) is 2.26. The number of ketones is 1. The average molecular weight is 234 g/mol. The Morgan fingerprint density at radius 2 is 2.33 bits per heavy atom. The van der Waals surface area contributed by atoms with Crippen molar-refractivity contribution in [3.63, 3.8) is 0 Å². The fraction of sp³-hybridized carbons (Fsp3) is 0.250. The molecule has 1 aliphatic heterocycles. The molecule has 2 aliphatic carbocycles. The van der Waals surface area contributed by atoms with Crippen LogP contribution in [0.3, 0.4) is 0 Å². The van der Waals surface area contributed by atoms with E-state index in [0.717, 1.165) is 0 Å². The van der Waals surface area contributed by atoms with Gasteiger partial charge in [-0.1, -0.05) is 52.0 Å². The van der Waals surface area contributed by atoms with E-state index in [1.807, 2.05) is 0 Å². The van der Waals surface area contributed by atoms with Crippen molar-refractivity contribution >= 4 is 27.4 Å². The summed E-state index contributed by atoms with van der Waals surface area (Å²) in [5.41, 5.74) is 1.18. The van der Waals surface area contributed by atoms with E-state index < -0.39 is 0 Å². The first kappa shape index (κ1) is 9.55. The van der Waals surface area contributed by atoms with Crippen molar-refractivity contribution in [2.75, 3.05) is 0 Å². The zero-order valence-electron chi connectivity index (χ0n) is 8.10. The predicted molar refractivity (Wildman–Crippen MR) is 66.3 cm³/mol. The first-order chi connectivity index (χ1) is 7.31. The Labute approximate surface area is 96.8 Å². The summed E-state index contributed by atoms with van der Waals surface area (Å²) in [5, 5.41) is 2.10. The lowest BCUT2D eigenvalue weighted by Crippen LogP contribution is -2.30. The Morgan fingerprint density at radius 3 is 3.27 bits per heavy atom. The molecule has 1 unspecified atom stereocenters. The number of hydrogen-bond donors (Lipinski definition) is 0. The van der Waals surface area contributed by atoms with Crippen LogP contribution in [0.1, 0.15) is 12.8 Å². The Hall–Kier alpha value is -0.670. The van der Waals surface area contributed by atoms with Gasteiger partial charge in [0.15, 0.2) is 0 Å². The standard InChI is InChI=1S/C12H10OS2/c13-10-5-4-9-2-1-3-11-12(9,8-10)6-7-14-15-11/h1-4,6-7H,5,8H2. The van der Waals surface area contributed by atoms with Crippen LogP contribution in [0, 0.1) is 5.41 Å². The topological polar surface area (TPSA) is 17.1 Å². The minimum absolute atomic E-state index is 0.111. The molecule has 1 nitrogen and oxygen atoms in total. The van der Waals surface area contributed by atoms with Gasteiger partial charge in [-0.05, 0) is 11.0 Å². The van der Waals surface area contributed by atoms with E-state index in [0.29, 0.717) is 18.6 Å². The van der Waals surface area contributed by atoms with Crippen LogP contribution in [0.2, 0.25) is 0 Å². The molecule has 0 N–H and O–H groups in total. The summed E-state index contributed by atoms with van der Waals surface area (Å²) in [6.07, 6.45) is 11.9. The molecule has 0 saturated heterocycles. The third-order valence-corrected chi connectivity index (χ3v) is 5.23. The molecule has 0 aromatic heterocycles. The molecule has 1 heterocycles. The molecule has 0 amide bonds. The number of allylic oxidation sites excluding steroid dienone is 7. The molecule has 1 atom stereocenters. The van der Waals surface area contributed by atoms with Gasteiger partial charge < -0.3 is 0 Å². The molecule has 0 saturated carbocycles. The minimum Gasteiger partial charge on any atom is -0.299 e. The molecule has 0 radical (unpaired) electrons. The van der Waals surface area contributed by atoms with E-state index in [1.165, 1.54) is 10.5 Å². The van der Waals surface area contributed by atoms with Crippen molar-refractivity contribution in [2.45, 2.75) is 12.8 Å². The lowest BCUT2D eigenvalue weighted by molar-refractivity contribution is -0.119. The van der Waals surface area contributed by atoms with Gasteiger partial charge in [0.2, 0.25) is 0 Å². The quantitative estimate of drug-likeness (QED) is 0.596. The zero-order chi connectivity index (χ0) is 10.3. The highest BCUT2D eigenvalue weighted by molar-refractivity contribution is 8.79. The second-order valence-corrected chi connectivity index (χ2v) is 6.07. The van der Waals surface area contributed by atoms with Crippen molar-refractivity contribution in [1.29, 1.82) is 0 Å². The first-order valence-electron chi connectivity index (χ1n) is 4.93. The Morgan fingerprint density at radius 1 is 1.40 bits per heavy atom. The number of Topliss-reactive ketones (excluding diaryl/α,β-unsaturated/α-hetero) is 1. The summed E-state index contributed by atoms with van der Waals surface area (Å²) in [5.74, 6) is 0.345. The number of carbonyl (C=O) groups is 1. The lowest BCUT2D eigenvalue weighted by Gasteiger charge is -2.39. The van der Waals surface area contributed by atoms with Crippen molar-refractivity contribution in [1.82, 2.24) is 0 Å². The minimum atomic E-state index is -0.111. The zero-order valence-corrected chi connectivity index (χ0v) is 9.74. The Kier molecular flexibility index (Phi) is 2.18. The van der Waals surface area contributed by atoms with Gasteiger partial charge in [-0.15, -0.1) is 0 Å². The van der Waals surface area contributed by atoms with Crippen LogP contribution in [-0.4, -0.2) is 5.78 Å². The predicted octanol–water partition coefficient (Wildman–Crippen LogP) is 3.62. The van der Waals surface area contributed by atoms with Crippen LogP contribution in [0.25, 0.3) is 0 Å². The molecule has 0 aromatic rings. The molecule has 0 aromatic carbocycles. The molecule has 0 bridgehead atoms. The summed E-state index contributed by atoms with van der Waals surface area (Å²) in [6.45, 7) is 0. The number of hydrogen-bond acceptors (Lipinski definition) is 3. The smallest absolute Gasteiger partial charge is 0.138 e. The molecule has 1 spiro atoms. The summed E-state index contributed by atoms with van der Waals surface area (Å²) in [7, 11) is 3.50. The summed E-state index contributed by atoms with van der Waals surface area (Å²) in [6, 6.07) is 0. The van der Waals surface area contributed by atoms with Gasteiger partial charge >= 0.3 is 0 Å². The van der Waals surface area contributed by atoms with Gasteiger partial charge in [0.05, 0.1) is 5.41 Å². The summed E-state index contributed by atoms with van der Waals surface area (Å²) < 4.78 is 0. The van der Waals surface area contributed by atoms with Gasteiger partial charge in [0, 0.05) is 17.7 Å². The third kappa shape index (κ3) is 1.37. The van der Waals surface area contributed by atoms with Gasteiger partial charge in [-0.2, -0.15) is 0 Å². The molecular formula is C12H10OS2. The van der Waals surface area contributed by atoms with E-state index in [4.69, 9.17) is 0 Å². The van der Waals surface area contributed by atoms with E-state index in [2.05, 4.69) is 35.8 Å². The fourth-order valence-corrected chi connectivity index (χ4v) is 4.53. The largest absolute Gasteiger partial charge is 0.299 e. The lowest BCUT2D eigenvalue weighted by atomic mass is 9.70. The monoisotopic (exact) mass is 234 g/mol. The Bertz CT molecular complexity index is 443. The molecular weight excluding hydrogens is 224 g/mol. The maximum Gasteiger partial charge on any atom is 0.138 e. The van der Waals surface area contributed by atoms with Crippen molar-refractivity contribution < 1.29 is 4.79 Å². The Balaban J connectivity index is 2.18. The molecule has 3 rings (SSSR count). The van der Waals surface area contributed by atoms with Gasteiger partial charge in [-0.3, -0.25) is 4.79 Å². The molecule has 3 heteroatoms. The van der Waals surface area contributed by atoms with E-state index in [-0.39, 0.29) is 5.41 Å². The molecule has 15 heavy (non-hydrogen) atoms. The van der Waals surface area contributed by atoms with Crippen molar-refractivity contribution in [2.24, 2.45) is 5.41 Å². The third-order valence-electron chi connectivity index (χ3n) is 3.05. The highest BCUT2D eigenvalue weighted by Crippen LogP contribution is 2.56. The second-order valence-electron chi connectivity index (χ2n) is 3.92. The van der Waals surface area contributed by atoms with Crippen molar-refractivity contribution in [3.8, 4) is 0 Å². The van der Waals surface area contributed by atoms with Crippen LogP contribution in [0.15, 0.2) is 46.3 Å². The van der Waals surface area contributed by atoms with Crippen LogP contribution in [0.4, 0.5) is 0 Å². The van der Waals surface area contributed by atoms with Crippen LogP contribution >= 0.6 is 21.6 Å². The summed E-state index contributed by atoms with van der Waals surface area (Å²) >= 11 is 0. The van der Waals surface area contributed by atoms with Crippen LogP contribution < -0.4 is 0 Å². The molecule has 76 valence electrons. The number of carbonyl (C=O) groups excluding carboxylic acids is 1. The van der Waals surface area contributed by atoms with Crippen LogP contribution in [0.5, 0.6) is 0 Å². The van der Waals surface area contributed by atoms with Crippen LogP contribution in [-0.2, 0) is 4.79 Å². The highest BCUT2D eigenvalue weighted by Gasteiger charge is 2.41. The molecule has 3 aliphatic rings. The van der Waals surface area contributed by atoms with E-state index in [1.54, 1.807) is 21.6 Å². The maximum atomic E-state index is 11.6. The van der Waals surface area contributed by atoms with Gasteiger partial charge in [0.1, 0.15) is 5.78 Å². The number of rotatable bonds is 0. The second kappa shape index (κ2) is 3.42. The first-order valence-corrected chi connectivity index (χ1v) is 7.15. The van der Waals surface area contributed by atoms with Gasteiger partial charge in [0.25, 0.3) is 0 Å². The normalized spacial score (nSPS) is 32.9. The fourth-order valence-electron chi connectivity index (χ4n) is 2.29. The summed E-state index contributed by atoms with van der Waals surface area (Å²) in [4.78, 5) is 12.9. The van der Waals surface area contributed by atoms with E-state index in [9.17, 15) is 4.79 Å².